The van der Waals surface area contributed by atoms with Gasteiger partial charge in [0.05, 0.1) is 30.0 Å². The molecule has 4 rings (SSSR count). The van der Waals surface area contributed by atoms with Gasteiger partial charge < -0.3 is 25.4 Å². The Morgan fingerprint density at radius 3 is 2.67 bits per heavy atom. The molecule has 0 amide bonds. The van der Waals surface area contributed by atoms with Crippen LogP contribution in [0.3, 0.4) is 0 Å². The van der Waals surface area contributed by atoms with E-state index in [-0.39, 0.29) is 0 Å². The van der Waals surface area contributed by atoms with Crippen LogP contribution in [0.15, 0.2) is 30.5 Å². The summed E-state index contributed by atoms with van der Waals surface area (Å²) < 4.78 is 25.4. The molecule has 2 fully saturated rings. The molecule has 194 valence electrons. The molecule has 1 saturated heterocycles. The molecule has 2 aromatic rings. The molecule has 2 aliphatic rings. The topological polar surface area (TPSA) is 104 Å². The zero-order valence-electron chi connectivity index (χ0n) is 21.2. The second-order valence-electron chi connectivity index (χ2n) is 10.0. The van der Waals surface area contributed by atoms with Gasteiger partial charge in [-0.15, -0.1) is 0 Å². The summed E-state index contributed by atoms with van der Waals surface area (Å²) in [6, 6.07) is 10.8. The number of methoxy groups -OCH3 is 1. The molecule has 1 atom stereocenters. The molecule has 0 aromatic carbocycles. The van der Waals surface area contributed by atoms with Crippen molar-refractivity contribution in [3.8, 4) is 17.3 Å². The van der Waals surface area contributed by atoms with E-state index in [0.717, 1.165) is 25.7 Å². The van der Waals surface area contributed by atoms with Crippen LogP contribution in [0.2, 0.25) is 0 Å². The van der Waals surface area contributed by atoms with Gasteiger partial charge in [0.2, 0.25) is 0 Å². The van der Waals surface area contributed by atoms with Gasteiger partial charge in [-0.05, 0) is 63.6 Å². The van der Waals surface area contributed by atoms with E-state index in [9.17, 15) is 9.65 Å². The van der Waals surface area contributed by atoms with E-state index >= 15 is 0 Å². The molecule has 3 heterocycles. The summed E-state index contributed by atoms with van der Waals surface area (Å²) in [4.78, 5) is 8.91. The number of halogens is 1. The van der Waals surface area contributed by atoms with Crippen LogP contribution in [0.25, 0.3) is 11.3 Å². The maximum Gasteiger partial charge on any atom is 0.151 e. The van der Waals surface area contributed by atoms with Gasteiger partial charge in [-0.2, -0.15) is 5.26 Å². The van der Waals surface area contributed by atoms with Crippen LogP contribution < -0.4 is 16.0 Å². The normalized spacial score (nSPS) is 22.4. The fourth-order valence-corrected chi connectivity index (χ4v) is 5.06. The summed E-state index contributed by atoms with van der Waals surface area (Å²) in [5, 5.41) is 20.1. The first-order valence-corrected chi connectivity index (χ1v) is 12.9. The largest absolute Gasteiger partial charge is 0.383 e. The van der Waals surface area contributed by atoms with Crippen molar-refractivity contribution >= 4 is 11.6 Å². The molecule has 1 aliphatic carbocycles. The Kier molecular flexibility index (Phi) is 9.08. The van der Waals surface area contributed by atoms with Crippen molar-refractivity contribution in [3.05, 3.63) is 36.3 Å². The van der Waals surface area contributed by atoms with Crippen LogP contribution >= 0.6 is 0 Å². The van der Waals surface area contributed by atoms with Crippen molar-refractivity contribution in [1.82, 2.24) is 15.3 Å². The number of nitriles is 1. The number of hydrogen-bond donors (Lipinski definition) is 3. The molecule has 1 saturated carbocycles. The monoisotopic (exact) mass is 496 g/mol. The number of anilines is 2. The van der Waals surface area contributed by atoms with Gasteiger partial charge in [-0.1, -0.05) is 6.07 Å². The minimum absolute atomic E-state index is 0.300. The first-order valence-electron chi connectivity index (χ1n) is 12.9. The Labute approximate surface area is 213 Å². The average molecular weight is 497 g/mol. The Morgan fingerprint density at radius 1 is 1.19 bits per heavy atom. The summed E-state index contributed by atoms with van der Waals surface area (Å²) in [7, 11) is 1.72. The lowest BCUT2D eigenvalue weighted by Crippen LogP contribution is -2.42. The van der Waals surface area contributed by atoms with Crippen LogP contribution in [0.5, 0.6) is 0 Å². The standard InChI is InChI=1S/C27H37FN6O2/c1-19(16-35-2)32-20-6-8-21(9-7-20)33-26-14-22(23(28)15-30-26)24-4-3-5-25(34-24)31-18-27(17-29)10-12-36-13-11-27/h3-5,14-15,19-21,32H,6-13,16,18H2,1-2H3,(H,30,33)(H,31,34)/t19-,20-,21-/m0/s1. The highest BCUT2D eigenvalue weighted by Gasteiger charge is 2.32. The lowest BCUT2D eigenvalue weighted by atomic mass is 9.82. The summed E-state index contributed by atoms with van der Waals surface area (Å²) in [5.74, 6) is 0.859. The Bertz CT molecular complexity index is 1030. The Morgan fingerprint density at radius 2 is 1.94 bits per heavy atom. The molecule has 9 heteroatoms. The van der Waals surface area contributed by atoms with Gasteiger partial charge in [0.25, 0.3) is 0 Å². The van der Waals surface area contributed by atoms with Gasteiger partial charge in [0.15, 0.2) is 5.82 Å². The van der Waals surface area contributed by atoms with E-state index in [2.05, 4.69) is 38.9 Å². The van der Waals surface area contributed by atoms with Gasteiger partial charge in [-0.3, -0.25) is 0 Å². The molecular formula is C27H37FN6O2. The average Bonchev–Trinajstić information content (AvgIpc) is 2.90. The predicted molar refractivity (Wildman–Crippen MR) is 138 cm³/mol. The maximum absolute atomic E-state index is 14.8. The van der Waals surface area contributed by atoms with Gasteiger partial charge >= 0.3 is 0 Å². The second-order valence-corrected chi connectivity index (χ2v) is 10.0. The Balaban J connectivity index is 1.37. The van der Waals surface area contributed by atoms with Crippen LogP contribution in [-0.2, 0) is 9.47 Å². The van der Waals surface area contributed by atoms with Gasteiger partial charge in [-0.25, -0.2) is 14.4 Å². The number of rotatable bonds is 10. The molecule has 0 radical (unpaired) electrons. The fourth-order valence-electron chi connectivity index (χ4n) is 5.06. The quantitative estimate of drug-likeness (QED) is 0.446. The molecule has 0 spiro atoms. The molecule has 0 bridgehead atoms. The Hall–Kier alpha value is -2.80. The summed E-state index contributed by atoms with van der Waals surface area (Å²) >= 11 is 0. The van der Waals surface area contributed by atoms with Crippen molar-refractivity contribution in [2.45, 2.75) is 63.6 Å². The summed E-state index contributed by atoms with van der Waals surface area (Å²) in [5.41, 5.74) is 0.465. The molecule has 8 nitrogen and oxygen atoms in total. The highest BCUT2D eigenvalue weighted by Crippen LogP contribution is 2.31. The number of pyridine rings is 2. The lowest BCUT2D eigenvalue weighted by molar-refractivity contribution is 0.0455. The molecule has 0 unspecified atom stereocenters. The number of ether oxygens (including phenoxy) is 2. The highest BCUT2D eigenvalue weighted by molar-refractivity contribution is 5.65. The minimum Gasteiger partial charge on any atom is -0.383 e. The summed E-state index contributed by atoms with van der Waals surface area (Å²) in [6.45, 7) is 4.51. The number of aromatic nitrogens is 2. The first kappa shape index (κ1) is 26.3. The maximum atomic E-state index is 14.8. The van der Waals surface area contributed by atoms with E-state index in [0.29, 0.717) is 80.2 Å². The predicted octanol–water partition coefficient (Wildman–Crippen LogP) is 4.36. The zero-order valence-corrected chi connectivity index (χ0v) is 21.2. The molecule has 3 N–H and O–H groups in total. The van der Waals surface area contributed by atoms with Gasteiger partial charge in [0.1, 0.15) is 11.6 Å². The minimum atomic E-state index is -0.467. The molecule has 2 aromatic heterocycles. The van der Waals surface area contributed by atoms with Crippen LogP contribution in [0.4, 0.5) is 16.0 Å². The molecule has 36 heavy (non-hydrogen) atoms. The van der Waals surface area contributed by atoms with E-state index in [1.807, 2.05) is 12.1 Å². The van der Waals surface area contributed by atoms with Crippen molar-refractivity contribution in [2.24, 2.45) is 5.41 Å². The smallest absolute Gasteiger partial charge is 0.151 e. The SMILES string of the molecule is COC[C@H](C)N[C@H]1CC[C@H](Nc2cc(-c3cccc(NCC4(C#N)CCOCC4)n3)c(F)cn2)CC1. The zero-order chi connectivity index (χ0) is 25.4. The van der Waals surface area contributed by atoms with Crippen molar-refractivity contribution in [2.75, 3.05) is 44.1 Å². The molecular weight excluding hydrogens is 459 g/mol. The highest BCUT2D eigenvalue weighted by atomic mass is 19.1. The third kappa shape index (κ3) is 6.90. The van der Waals surface area contributed by atoms with E-state index in [1.165, 1.54) is 6.20 Å². The third-order valence-corrected chi connectivity index (χ3v) is 7.19. The van der Waals surface area contributed by atoms with Crippen LogP contribution in [0, 0.1) is 22.6 Å². The fraction of sp³-hybridized carbons (Fsp3) is 0.593. The van der Waals surface area contributed by atoms with Crippen molar-refractivity contribution < 1.29 is 13.9 Å². The van der Waals surface area contributed by atoms with E-state index in [1.54, 1.807) is 19.2 Å². The number of hydrogen-bond acceptors (Lipinski definition) is 8. The van der Waals surface area contributed by atoms with Crippen molar-refractivity contribution in [3.63, 3.8) is 0 Å². The lowest BCUT2D eigenvalue weighted by Gasteiger charge is -2.31. The second kappa shape index (κ2) is 12.4. The van der Waals surface area contributed by atoms with Gasteiger partial charge in [0, 0.05) is 50.6 Å². The third-order valence-electron chi connectivity index (χ3n) is 7.19. The number of nitrogens with zero attached hydrogens (tertiary/aromatic N) is 3. The summed E-state index contributed by atoms with van der Waals surface area (Å²) in [6.07, 6.45) is 6.83. The van der Waals surface area contributed by atoms with Crippen molar-refractivity contribution in [1.29, 1.82) is 5.26 Å². The first-order chi connectivity index (χ1) is 17.5. The van der Waals surface area contributed by atoms with Crippen LogP contribution in [0.1, 0.15) is 45.4 Å². The molecule has 1 aliphatic heterocycles. The van der Waals surface area contributed by atoms with E-state index in [4.69, 9.17) is 9.47 Å². The number of nitrogens with one attached hydrogen (secondary N) is 3. The van der Waals surface area contributed by atoms with E-state index < -0.39 is 11.2 Å². The van der Waals surface area contributed by atoms with Crippen LogP contribution in [-0.4, -0.2) is 61.6 Å².